The van der Waals surface area contributed by atoms with E-state index >= 15 is 0 Å². The summed E-state index contributed by atoms with van der Waals surface area (Å²) in [5.41, 5.74) is 1.08. The smallest absolute Gasteiger partial charge is 0.245 e. The average Bonchev–Trinajstić information content (AvgIpc) is 2.69. The largest absolute Gasteiger partial charge is 0.336 e. The second-order valence-electron chi connectivity index (χ2n) is 9.10. The first kappa shape index (κ1) is 27.4. The molecular weight excluding hydrogens is 348 g/mol. The summed E-state index contributed by atoms with van der Waals surface area (Å²) in [4.78, 5) is 16.0. The number of carbonyl (C=O) groups is 1. The van der Waals surface area contributed by atoms with Crippen LogP contribution in [0.3, 0.4) is 0 Å². The molecule has 0 aromatic rings. The van der Waals surface area contributed by atoms with E-state index < -0.39 is 5.54 Å². The molecule has 1 radical (unpaired) electrons. The molecule has 0 bridgehead atoms. The van der Waals surface area contributed by atoms with Crippen molar-refractivity contribution in [3.63, 3.8) is 0 Å². The van der Waals surface area contributed by atoms with Crippen molar-refractivity contribution in [2.75, 3.05) is 6.54 Å². The molecule has 0 aliphatic heterocycles. The molecule has 0 rings (SSSR count). The van der Waals surface area contributed by atoms with Crippen LogP contribution in [-0.4, -0.2) is 28.4 Å². The van der Waals surface area contributed by atoms with E-state index in [1.54, 1.807) is 0 Å². The highest BCUT2D eigenvalue weighted by atomic mass is 16.5. The fraction of sp³-hybridized carbons (Fsp3) is 0.958. The minimum atomic E-state index is -0.958. The van der Waals surface area contributed by atoms with Crippen LogP contribution in [0.2, 0.25) is 0 Å². The lowest BCUT2D eigenvalue weighted by Gasteiger charge is -2.48. The van der Waals surface area contributed by atoms with Crippen LogP contribution in [0.1, 0.15) is 126 Å². The summed E-state index contributed by atoms with van der Waals surface area (Å²) in [7, 11) is 0. The van der Waals surface area contributed by atoms with E-state index in [2.05, 4.69) is 58.8 Å². The molecule has 0 spiro atoms. The first-order chi connectivity index (χ1) is 13.3. The average molecular weight is 398 g/mol. The van der Waals surface area contributed by atoms with Crippen molar-refractivity contribution >= 4 is 5.91 Å². The van der Waals surface area contributed by atoms with Crippen LogP contribution in [0.5, 0.6) is 0 Å². The lowest BCUT2D eigenvalue weighted by atomic mass is 9.78. The number of carbonyl (C=O) groups excluding carboxylic acids is 1. The van der Waals surface area contributed by atoms with Gasteiger partial charge in [0, 0.05) is 12.1 Å². The van der Waals surface area contributed by atoms with E-state index in [9.17, 15) is 10.0 Å². The van der Waals surface area contributed by atoms with Gasteiger partial charge in [0.15, 0.2) is 0 Å². The van der Waals surface area contributed by atoms with Gasteiger partial charge in [0.25, 0.3) is 0 Å². The monoisotopic (exact) mass is 397 g/mol. The highest BCUT2D eigenvalue weighted by Gasteiger charge is 2.46. The first-order valence-corrected chi connectivity index (χ1v) is 12.0. The maximum Gasteiger partial charge on any atom is 0.245 e. The van der Waals surface area contributed by atoms with Crippen LogP contribution < -0.4 is 5.48 Å². The zero-order valence-electron chi connectivity index (χ0n) is 20.0. The number of rotatable bonds is 17. The molecule has 1 unspecified atom stereocenters. The number of nitrogens with zero attached hydrogens (tertiary/aromatic N) is 1. The van der Waals surface area contributed by atoms with E-state index in [0.29, 0.717) is 18.8 Å². The van der Waals surface area contributed by atoms with Crippen LogP contribution in [0, 0.1) is 5.92 Å². The van der Waals surface area contributed by atoms with E-state index in [-0.39, 0.29) is 11.4 Å². The lowest BCUT2D eigenvalue weighted by Crippen LogP contribution is -2.63. The van der Waals surface area contributed by atoms with Gasteiger partial charge in [0.1, 0.15) is 5.54 Å². The van der Waals surface area contributed by atoms with Gasteiger partial charge < -0.3 is 4.90 Å². The van der Waals surface area contributed by atoms with Gasteiger partial charge in [-0.2, -0.15) is 5.48 Å². The Balaban J connectivity index is 5.91. The third-order valence-electron chi connectivity index (χ3n) is 6.59. The summed E-state index contributed by atoms with van der Waals surface area (Å²) >= 11 is 0. The summed E-state index contributed by atoms with van der Waals surface area (Å²) in [6, 6.07) is 0. The maximum atomic E-state index is 13.9. The molecule has 4 nitrogen and oxygen atoms in total. The van der Waals surface area contributed by atoms with Crippen molar-refractivity contribution in [3.05, 3.63) is 0 Å². The molecule has 0 saturated heterocycles. The quantitative estimate of drug-likeness (QED) is 0.279. The normalized spacial score (nSPS) is 13.6. The molecule has 1 N–H and O–H groups in total. The number of amides is 1. The molecule has 1 amide bonds. The van der Waals surface area contributed by atoms with Crippen molar-refractivity contribution in [1.82, 2.24) is 10.4 Å². The van der Waals surface area contributed by atoms with Crippen molar-refractivity contribution < 1.29 is 10.0 Å². The summed E-state index contributed by atoms with van der Waals surface area (Å²) < 4.78 is 0. The predicted octanol–water partition coefficient (Wildman–Crippen LogP) is 6.66. The summed E-state index contributed by atoms with van der Waals surface area (Å²) in [6.07, 6.45) is 11.7. The SMILES string of the molecule is CCCCC(CC)C(C)(C)N(CCCC)C(=O)C(CCCC)(CCCC)N[O]. The zero-order chi connectivity index (χ0) is 21.6. The molecule has 0 aliphatic rings. The van der Waals surface area contributed by atoms with Crippen LogP contribution in [0.15, 0.2) is 0 Å². The molecule has 1 atom stereocenters. The van der Waals surface area contributed by atoms with Gasteiger partial charge in [0.05, 0.1) is 0 Å². The molecule has 0 aromatic carbocycles. The standard InChI is InChI=1S/C24H49N2O2/c1-8-13-17-21(12-5)23(6,7)26(20-16-11-4)22(27)24(25-28,18-14-9-2)19-15-10-3/h21,25H,8-20H2,1-7H3. The second kappa shape index (κ2) is 14.4. The molecule has 28 heavy (non-hydrogen) atoms. The van der Waals surface area contributed by atoms with Gasteiger partial charge >= 0.3 is 0 Å². The van der Waals surface area contributed by atoms with Crippen molar-refractivity contribution in [2.45, 2.75) is 137 Å². The zero-order valence-corrected chi connectivity index (χ0v) is 20.0. The molecule has 0 aromatic heterocycles. The first-order valence-electron chi connectivity index (χ1n) is 12.0. The van der Waals surface area contributed by atoms with Crippen LogP contribution in [-0.2, 0) is 10.0 Å². The van der Waals surface area contributed by atoms with E-state index in [0.717, 1.165) is 57.9 Å². The highest BCUT2D eigenvalue weighted by molar-refractivity contribution is 5.87. The van der Waals surface area contributed by atoms with Crippen molar-refractivity contribution in [2.24, 2.45) is 5.92 Å². The molecule has 0 fully saturated rings. The summed E-state index contributed by atoms with van der Waals surface area (Å²) in [5, 5.41) is 12.2. The molecule has 4 heteroatoms. The lowest BCUT2D eigenvalue weighted by molar-refractivity contribution is -0.156. The Morgan fingerprint density at radius 2 is 1.36 bits per heavy atom. The van der Waals surface area contributed by atoms with E-state index in [1.165, 1.54) is 12.8 Å². The predicted molar refractivity (Wildman–Crippen MR) is 120 cm³/mol. The highest BCUT2D eigenvalue weighted by Crippen LogP contribution is 2.35. The third kappa shape index (κ3) is 7.67. The second-order valence-corrected chi connectivity index (χ2v) is 9.10. The Bertz CT molecular complexity index is 401. The fourth-order valence-corrected chi connectivity index (χ4v) is 4.40. The van der Waals surface area contributed by atoms with Crippen molar-refractivity contribution in [1.29, 1.82) is 0 Å². The van der Waals surface area contributed by atoms with Crippen LogP contribution >= 0.6 is 0 Å². The Hall–Kier alpha value is -0.610. The van der Waals surface area contributed by atoms with Gasteiger partial charge in [0.2, 0.25) is 5.91 Å². The third-order valence-corrected chi connectivity index (χ3v) is 6.59. The molecule has 167 valence electrons. The van der Waals surface area contributed by atoms with Crippen LogP contribution in [0.25, 0.3) is 0 Å². The number of unbranched alkanes of at least 4 members (excludes halogenated alkanes) is 4. The number of hydrogen-bond donors (Lipinski definition) is 1. The Morgan fingerprint density at radius 3 is 1.75 bits per heavy atom. The van der Waals surface area contributed by atoms with Crippen molar-refractivity contribution in [3.8, 4) is 0 Å². The van der Waals surface area contributed by atoms with E-state index in [4.69, 9.17) is 0 Å². The molecule has 0 aliphatic carbocycles. The molecule has 0 saturated carbocycles. The van der Waals surface area contributed by atoms with Gasteiger partial charge in [-0.3, -0.25) is 4.79 Å². The summed E-state index contributed by atoms with van der Waals surface area (Å²) in [6.45, 7) is 16.1. The van der Waals surface area contributed by atoms with Gasteiger partial charge in [-0.25, -0.2) is 0 Å². The number of hydrogen-bond acceptors (Lipinski definition) is 2. The van der Waals surface area contributed by atoms with Crippen LogP contribution in [0.4, 0.5) is 0 Å². The van der Waals surface area contributed by atoms with Gasteiger partial charge in [-0.1, -0.05) is 86.0 Å². The Morgan fingerprint density at radius 1 is 0.857 bits per heavy atom. The minimum Gasteiger partial charge on any atom is -0.336 e. The summed E-state index contributed by atoms with van der Waals surface area (Å²) in [5.74, 6) is 0.493. The molecular formula is C24H49N2O2. The topological polar surface area (TPSA) is 52.2 Å². The maximum absolute atomic E-state index is 13.9. The number of hydroxylamine groups is 1. The fourth-order valence-electron chi connectivity index (χ4n) is 4.40. The van der Waals surface area contributed by atoms with Gasteiger partial charge in [-0.05, 0) is 45.4 Å². The Kier molecular flexibility index (Phi) is 14.1. The minimum absolute atomic E-state index is 0.0396. The Labute approximate surface area is 175 Å². The molecule has 0 heterocycles. The van der Waals surface area contributed by atoms with E-state index in [1.807, 2.05) is 0 Å². The number of nitrogens with one attached hydrogen (secondary N) is 1. The van der Waals surface area contributed by atoms with Gasteiger partial charge in [-0.15, -0.1) is 5.21 Å².